The van der Waals surface area contributed by atoms with E-state index in [1.807, 2.05) is 48.5 Å². The molecular formula is C20H27ClN2O2. The largest absolute Gasteiger partial charge is 0.493 e. The van der Waals surface area contributed by atoms with Crippen LogP contribution in [0.2, 0.25) is 0 Å². The zero-order valence-corrected chi connectivity index (χ0v) is 15.6. The van der Waals surface area contributed by atoms with E-state index in [0.29, 0.717) is 31.9 Å². The van der Waals surface area contributed by atoms with Gasteiger partial charge in [-0.05, 0) is 30.0 Å². The number of benzene rings is 2. The van der Waals surface area contributed by atoms with Gasteiger partial charge in [-0.2, -0.15) is 0 Å². The van der Waals surface area contributed by atoms with E-state index in [-0.39, 0.29) is 18.3 Å². The zero-order chi connectivity index (χ0) is 17.4. The van der Waals surface area contributed by atoms with Gasteiger partial charge in [-0.15, -0.1) is 12.4 Å². The molecule has 0 saturated carbocycles. The molecule has 3 N–H and O–H groups in total. The van der Waals surface area contributed by atoms with Gasteiger partial charge in [0, 0.05) is 24.2 Å². The molecule has 0 fully saturated rings. The molecule has 25 heavy (non-hydrogen) atoms. The lowest BCUT2D eigenvalue weighted by Crippen LogP contribution is -2.23. The summed E-state index contributed by atoms with van der Waals surface area (Å²) in [5.74, 6) is 1.31. The van der Waals surface area contributed by atoms with Crippen LogP contribution in [0.15, 0.2) is 48.5 Å². The third-order valence-corrected chi connectivity index (χ3v) is 3.70. The maximum Gasteiger partial charge on any atom is 0.220 e. The molecule has 2 aromatic carbocycles. The maximum atomic E-state index is 12.1. The molecule has 4 nitrogen and oxygen atoms in total. The van der Waals surface area contributed by atoms with E-state index >= 15 is 0 Å². The van der Waals surface area contributed by atoms with Crippen molar-refractivity contribution >= 4 is 24.0 Å². The van der Waals surface area contributed by atoms with Crippen LogP contribution < -0.4 is 15.8 Å². The Hall–Kier alpha value is -2.20. The molecule has 0 radical (unpaired) electrons. The van der Waals surface area contributed by atoms with Crippen molar-refractivity contribution in [3.05, 3.63) is 59.7 Å². The van der Waals surface area contributed by atoms with Crippen molar-refractivity contribution in [1.29, 1.82) is 0 Å². The summed E-state index contributed by atoms with van der Waals surface area (Å²) < 4.78 is 5.81. The van der Waals surface area contributed by atoms with E-state index in [2.05, 4.69) is 19.2 Å². The van der Waals surface area contributed by atoms with Crippen molar-refractivity contribution in [1.82, 2.24) is 5.32 Å². The Morgan fingerprint density at radius 3 is 2.40 bits per heavy atom. The predicted molar refractivity (Wildman–Crippen MR) is 105 cm³/mol. The van der Waals surface area contributed by atoms with Gasteiger partial charge >= 0.3 is 0 Å². The Balaban J connectivity index is 0.00000312. The minimum absolute atomic E-state index is 0. The van der Waals surface area contributed by atoms with Crippen LogP contribution in [0, 0.1) is 5.92 Å². The van der Waals surface area contributed by atoms with Crippen molar-refractivity contribution < 1.29 is 9.53 Å². The number of carbonyl (C=O) groups is 1. The van der Waals surface area contributed by atoms with Crippen LogP contribution in [0.25, 0.3) is 0 Å². The average molecular weight is 363 g/mol. The summed E-state index contributed by atoms with van der Waals surface area (Å²) in [4.78, 5) is 12.1. The van der Waals surface area contributed by atoms with E-state index in [0.717, 1.165) is 22.6 Å². The highest BCUT2D eigenvalue weighted by atomic mass is 35.5. The minimum Gasteiger partial charge on any atom is -0.493 e. The van der Waals surface area contributed by atoms with Gasteiger partial charge < -0.3 is 15.8 Å². The fourth-order valence-corrected chi connectivity index (χ4v) is 2.34. The van der Waals surface area contributed by atoms with E-state index < -0.39 is 0 Å². The van der Waals surface area contributed by atoms with Crippen molar-refractivity contribution in [3.8, 4) is 5.75 Å². The standard InChI is InChI=1S/C20H26N2O2.ClH/c1-15(2)14-24-19-10-6-4-8-17(19)13-22-20(23)12-11-16-7-3-5-9-18(16)21;/h3-10,15H,11-14,21H2,1-2H3,(H,22,23);1H. The van der Waals surface area contributed by atoms with Gasteiger partial charge in [0.05, 0.1) is 6.61 Å². The lowest BCUT2D eigenvalue weighted by molar-refractivity contribution is -0.121. The Morgan fingerprint density at radius 2 is 1.72 bits per heavy atom. The normalized spacial score (nSPS) is 10.2. The fraction of sp³-hybridized carbons (Fsp3) is 0.350. The van der Waals surface area contributed by atoms with E-state index in [1.165, 1.54) is 0 Å². The first-order valence-corrected chi connectivity index (χ1v) is 8.37. The van der Waals surface area contributed by atoms with Crippen LogP contribution in [0.4, 0.5) is 5.69 Å². The Kier molecular flexibility index (Phi) is 8.86. The molecule has 2 rings (SSSR count). The monoisotopic (exact) mass is 362 g/mol. The quantitative estimate of drug-likeness (QED) is 0.698. The van der Waals surface area contributed by atoms with Crippen LogP contribution in [-0.2, 0) is 17.8 Å². The Labute approximate surface area is 156 Å². The van der Waals surface area contributed by atoms with Crippen LogP contribution in [0.3, 0.4) is 0 Å². The molecule has 5 heteroatoms. The van der Waals surface area contributed by atoms with Gasteiger partial charge in [0.1, 0.15) is 5.75 Å². The van der Waals surface area contributed by atoms with Crippen LogP contribution in [-0.4, -0.2) is 12.5 Å². The maximum absolute atomic E-state index is 12.1. The first kappa shape index (κ1) is 20.8. The van der Waals surface area contributed by atoms with Gasteiger partial charge in [0.2, 0.25) is 5.91 Å². The Bertz CT molecular complexity index is 674. The summed E-state index contributed by atoms with van der Waals surface area (Å²) in [6.45, 7) is 5.36. The number of anilines is 1. The van der Waals surface area contributed by atoms with Crippen LogP contribution in [0.1, 0.15) is 31.4 Å². The molecule has 0 atom stereocenters. The van der Waals surface area contributed by atoms with Crippen LogP contribution in [0.5, 0.6) is 5.75 Å². The summed E-state index contributed by atoms with van der Waals surface area (Å²) in [5, 5.41) is 2.96. The Morgan fingerprint density at radius 1 is 1.08 bits per heavy atom. The van der Waals surface area contributed by atoms with Gasteiger partial charge in [0.15, 0.2) is 0 Å². The van der Waals surface area contributed by atoms with Gasteiger partial charge in [0.25, 0.3) is 0 Å². The van der Waals surface area contributed by atoms with Gasteiger partial charge in [-0.3, -0.25) is 4.79 Å². The summed E-state index contributed by atoms with van der Waals surface area (Å²) in [7, 11) is 0. The third kappa shape index (κ3) is 7.06. The number of hydrogen-bond donors (Lipinski definition) is 2. The number of carbonyl (C=O) groups excluding carboxylic acids is 1. The second-order valence-electron chi connectivity index (χ2n) is 6.29. The van der Waals surface area contributed by atoms with Crippen molar-refractivity contribution in [2.24, 2.45) is 5.92 Å². The summed E-state index contributed by atoms with van der Waals surface area (Å²) in [5.41, 5.74) is 8.63. The second-order valence-corrected chi connectivity index (χ2v) is 6.29. The first-order valence-electron chi connectivity index (χ1n) is 8.37. The molecule has 136 valence electrons. The summed E-state index contributed by atoms with van der Waals surface area (Å²) >= 11 is 0. The molecule has 1 amide bonds. The van der Waals surface area contributed by atoms with Crippen molar-refractivity contribution in [2.75, 3.05) is 12.3 Å². The molecule has 0 spiro atoms. The number of nitrogen functional groups attached to an aromatic ring is 1. The predicted octanol–water partition coefficient (Wildman–Crippen LogP) is 3.97. The number of aryl methyl sites for hydroxylation is 1. The highest BCUT2D eigenvalue weighted by Gasteiger charge is 2.08. The van der Waals surface area contributed by atoms with E-state index in [1.54, 1.807) is 0 Å². The summed E-state index contributed by atoms with van der Waals surface area (Å²) in [6, 6.07) is 15.5. The number of hydrogen-bond acceptors (Lipinski definition) is 3. The molecule has 0 aliphatic carbocycles. The zero-order valence-electron chi connectivity index (χ0n) is 14.8. The second kappa shape index (κ2) is 10.6. The average Bonchev–Trinajstić information content (AvgIpc) is 2.58. The SMILES string of the molecule is CC(C)COc1ccccc1CNC(=O)CCc1ccccc1N.Cl. The van der Waals surface area contributed by atoms with E-state index in [4.69, 9.17) is 10.5 Å². The minimum atomic E-state index is 0. The number of amides is 1. The number of rotatable bonds is 8. The van der Waals surface area contributed by atoms with Gasteiger partial charge in [-0.1, -0.05) is 50.2 Å². The lowest BCUT2D eigenvalue weighted by atomic mass is 10.1. The topological polar surface area (TPSA) is 64.3 Å². The molecule has 2 aromatic rings. The van der Waals surface area contributed by atoms with E-state index in [9.17, 15) is 4.79 Å². The molecule has 0 unspecified atom stereocenters. The molecule has 0 saturated heterocycles. The van der Waals surface area contributed by atoms with Crippen molar-refractivity contribution in [3.63, 3.8) is 0 Å². The first-order chi connectivity index (χ1) is 11.6. The molecule has 0 aliphatic heterocycles. The number of nitrogens with one attached hydrogen (secondary N) is 1. The lowest BCUT2D eigenvalue weighted by Gasteiger charge is -2.13. The van der Waals surface area contributed by atoms with Crippen LogP contribution >= 0.6 is 12.4 Å². The number of halogens is 1. The molecule has 0 heterocycles. The highest BCUT2D eigenvalue weighted by molar-refractivity contribution is 5.85. The molecular weight excluding hydrogens is 336 g/mol. The van der Waals surface area contributed by atoms with Crippen molar-refractivity contribution in [2.45, 2.75) is 33.2 Å². The molecule has 0 aromatic heterocycles. The summed E-state index contributed by atoms with van der Waals surface area (Å²) in [6.07, 6.45) is 1.06. The number of ether oxygens (including phenoxy) is 1. The molecule has 0 aliphatic rings. The number of nitrogens with two attached hydrogens (primary N) is 1. The number of para-hydroxylation sites is 2. The fourth-order valence-electron chi connectivity index (χ4n) is 2.34. The highest BCUT2D eigenvalue weighted by Crippen LogP contribution is 2.18. The van der Waals surface area contributed by atoms with Gasteiger partial charge in [-0.25, -0.2) is 0 Å². The smallest absolute Gasteiger partial charge is 0.220 e. The molecule has 0 bridgehead atoms. The third-order valence-electron chi connectivity index (χ3n) is 3.70.